The van der Waals surface area contributed by atoms with Gasteiger partial charge in [-0.15, -0.1) is 0 Å². The van der Waals surface area contributed by atoms with E-state index in [0.29, 0.717) is 10.7 Å². The van der Waals surface area contributed by atoms with Gasteiger partial charge in [0.15, 0.2) is 0 Å². The maximum absolute atomic E-state index is 3.68. The first-order chi connectivity index (χ1) is 5.70. The van der Waals surface area contributed by atoms with Gasteiger partial charge in [0.05, 0.1) is 0 Å². The van der Waals surface area contributed by atoms with Crippen molar-refractivity contribution in [3.8, 4) is 0 Å². The number of hydrogen-bond acceptors (Lipinski definition) is 0. The van der Waals surface area contributed by atoms with Crippen molar-refractivity contribution < 1.29 is 0 Å². The molecule has 0 heterocycles. The number of benzene rings is 1. The molecule has 0 nitrogen and oxygen atoms in total. The Morgan fingerprint density at radius 3 is 2.25 bits per heavy atom. The van der Waals surface area contributed by atoms with E-state index in [0.717, 1.165) is 6.42 Å². The zero-order valence-corrected chi connectivity index (χ0v) is 9.21. The van der Waals surface area contributed by atoms with Gasteiger partial charge in [-0.2, -0.15) is 0 Å². The van der Waals surface area contributed by atoms with Crippen LogP contribution in [-0.2, 0) is 6.42 Å². The minimum Gasteiger partial charge on any atom is -0.0884 e. The lowest BCUT2D eigenvalue weighted by atomic mass is 10.0. The SMILES string of the molecule is CC(C)[C@H](Br)Cc1ccccc1. The van der Waals surface area contributed by atoms with E-state index in [-0.39, 0.29) is 0 Å². The molecule has 0 spiro atoms. The molecule has 1 rings (SSSR count). The van der Waals surface area contributed by atoms with Crippen molar-refractivity contribution in [2.45, 2.75) is 25.1 Å². The molecule has 1 atom stereocenters. The summed E-state index contributed by atoms with van der Waals surface area (Å²) in [7, 11) is 0. The normalized spacial score (nSPS) is 13.3. The molecule has 0 bridgehead atoms. The maximum Gasteiger partial charge on any atom is 0.0209 e. The van der Waals surface area contributed by atoms with E-state index in [1.807, 2.05) is 0 Å². The van der Waals surface area contributed by atoms with Gasteiger partial charge < -0.3 is 0 Å². The fourth-order valence-electron chi connectivity index (χ4n) is 1.07. The van der Waals surface area contributed by atoms with Crippen molar-refractivity contribution in [3.05, 3.63) is 35.9 Å². The van der Waals surface area contributed by atoms with E-state index in [4.69, 9.17) is 0 Å². The Bertz CT molecular complexity index is 216. The first-order valence-electron chi connectivity index (χ1n) is 4.38. The smallest absolute Gasteiger partial charge is 0.0209 e. The molecule has 1 aromatic carbocycles. The lowest BCUT2D eigenvalue weighted by Crippen LogP contribution is -2.10. The second-order valence-electron chi connectivity index (χ2n) is 3.45. The Balaban J connectivity index is 2.53. The van der Waals surface area contributed by atoms with E-state index in [1.54, 1.807) is 0 Å². The number of halogens is 1. The van der Waals surface area contributed by atoms with E-state index in [9.17, 15) is 0 Å². The van der Waals surface area contributed by atoms with Crippen LogP contribution in [0.4, 0.5) is 0 Å². The highest BCUT2D eigenvalue weighted by atomic mass is 79.9. The molecule has 66 valence electrons. The molecule has 0 aromatic heterocycles. The van der Waals surface area contributed by atoms with Gasteiger partial charge in [0, 0.05) is 4.83 Å². The standard InChI is InChI=1S/C11H15Br/c1-9(2)11(12)8-10-6-4-3-5-7-10/h3-7,9,11H,8H2,1-2H3/t11-/m1/s1. The molecular weight excluding hydrogens is 212 g/mol. The van der Waals surface area contributed by atoms with Gasteiger partial charge in [-0.1, -0.05) is 60.1 Å². The Morgan fingerprint density at radius 2 is 1.75 bits per heavy atom. The molecule has 12 heavy (non-hydrogen) atoms. The van der Waals surface area contributed by atoms with Crippen molar-refractivity contribution in [2.24, 2.45) is 5.92 Å². The van der Waals surface area contributed by atoms with Crippen LogP contribution in [0.2, 0.25) is 0 Å². The van der Waals surface area contributed by atoms with Crippen LogP contribution < -0.4 is 0 Å². The lowest BCUT2D eigenvalue weighted by Gasteiger charge is -2.12. The van der Waals surface area contributed by atoms with Gasteiger partial charge in [0.25, 0.3) is 0 Å². The van der Waals surface area contributed by atoms with E-state index < -0.39 is 0 Å². The van der Waals surface area contributed by atoms with Crippen LogP contribution in [0.25, 0.3) is 0 Å². The summed E-state index contributed by atoms with van der Waals surface area (Å²) in [5.74, 6) is 0.699. The van der Waals surface area contributed by atoms with Gasteiger partial charge in [0.2, 0.25) is 0 Å². The summed E-state index contributed by atoms with van der Waals surface area (Å²) in [6, 6.07) is 10.6. The Labute approximate surface area is 83.1 Å². The van der Waals surface area contributed by atoms with Crippen molar-refractivity contribution in [2.75, 3.05) is 0 Å². The Hall–Kier alpha value is -0.300. The quantitative estimate of drug-likeness (QED) is 0.691. The zero-order valence-electron chi connectivity index (χ0n) is 7.63. The third kappa shape index (κ3) is 2.98. The van der Waals surface area contributed by atoms with Crippen LogP contribution in [0.3, 0.4) is 0 Å². The molecule has 0 saturated carbocycles. The van der Waals surface area contributed by atoms with Crippen LogP contribution in [0.15, 0.2) is 30.3 Å². The molecule has 0 unspecified atom stereocenters. The van der Waals surface area contributed by atoms with Gasteiger partial charge >= 0.3 is 0 Å². The minimum absolute atomic E-state index is 0.597. The van der Waals surface area contributed by atoms with Crippen LogP contribution in [0.1, 0.15) is 19.4 Å². The predicted octanol–water partition coefficient (Wildman–Crippen LogP) is 3.65. The summed E-state index contributed by atoms with van der Waals surface area (Å²) in [6.45, 7) is 4.48. The molecule has 0 saturated heterocycles. The average Bonchev–Trinajstić information content (AvgIpc) is 2.06. The van der Waals surface area contributed by atoms with Gasteiger partial charge in [-0.3, -0.25) is 0 Å². The van der Waals surface area contributed by atoms with Crippen molar-refractivity contribution in [1.82, 2.24) is 0 Å². The van der Waals surface area contributed by atoms with Gasteiger partial charge in [-0.05, 0) is 17.9 Å². The third-order valence-corrected chi connectivity index (χ3v) is 3.38. The van der Waals surface area contributed by atoms with Crippen molar-refractivity contribution in [3.63, 3.8) is 0 Å². The second-order valence-corrected chi connectivity index (χ2v) is 4.63. The summed E-state index contributed by atoms with van der Waals surface area (Å²) in [5, 5.41) is 0. The molecular formula is C11H15Br. The fourth-order valence-corrected chi connectivity index (χ4v) is 1.45. The number of rotatable bonds is 3. The minimum atomic E-state index is 0.597. The van der Waals surface area contributed by atoms with Crippen LogP contribution in [0, 0.1) is 5.92 Å². The second kappa shape index (κ2) is 4.66. The highest BCUT2D eigenvalue weighted by Gasteiger charge is 2.08. The zero-order chi connectivity index (χ0) is 8.97. The molecule has 0 aliphatic heterocycles. The summed E-state index contributed by atoms with van der Waals surface area (Å²) < 4.78 is 0. The van der Waals surface area contributed by atoms with Gasteiger partial charge in [0.1, 0.15) is 0 Å². The lowest BCUT2D eigenvalue weighted by molar-refractivity contribution is 0.613. The monoisotopic (exact) mass is 226 g/mol. The molecule has 0 radical (unpaired) electrons. The molecule has 0 fully saturated rings. The fraction of sp³-hybridized carbons (Fsp3) is 0.455. The highest BCUT2D eigenvalue weighted by molar-refractivity contribution is 9.09. The predicted molar refractivity (Wildman–Crippen MR) is 57.7 cm³/mol. The largest absolute Gasteiger partial charge is 0.0884 e. The molecule has 1 aromatic rings. The third-order valence-electron chi connectivity index (χ3n) is 2.00. The number of hydrogen-bond donors (Lipinski definition) is 0. The molecule has 0 aliphatic rings. The van der Waals surface area contributed by atoms with Crippen molar-refractivity contribution in [1.29, 1.82) is 0 Å². The highest BCUT2D eigenvalue weighted by Crippen LogP contribution is 2.17. The summed E-state index contributed by atoms with van der Waals surface area (Å²) in [6.07, 6.45) is 1.12. The van der Waals surface area contributed by atoms with E-state index in [2.05, 4.69) is 60.1 Å². The van der Waals surface area contributed by atoms with Crippen LogP contribution >= 0.6 is 15.9 Å². The van der Waals surface area contributed by atoms with E-state index >= 15 is 0 Å². The average molecular weight is 227 g/mol. The Kier molecular flexibility index (Phi) is 3.80. The van der Waals surface area contributed by atoms with E-state index in [1.165, 1.54) is 5.56 Å². The Morgan fingerprint density at radius 1 is 1.17 bits per heavy atom. The molecule has 0 N–H and O–H groups in total. The maximum atomic E-state index is 3.68. The molecule has 1 heteroatoms. The first-order valence-corrected chi connectivity index (χ1v) is 5.29. The summed E-state index contributed by atoms with van der Waals surface area (Å²) >= 11 is 3.68. The topological polar surface area (TPSA) is 0 Å². The first kappa shape index (κ1) is 9.79. The number of alkyl halides is 1. The van der Waals surface area contributed by atoms with Crippen molar-refractivity contribution >= 4 is 15.9 Å². The summed E-state index contributed by atoms with van der Waals surface area (Å²) in [4.78, 5) is 0.597. The summed E-state index contributed by atoms with van der Waals surface area (Å²) in [5.41, 5.74) is 1.41. The van der Waals surface area contributed by atoms with Crippen LogP contribution in [0.5, 0.6) is 0 Å². The molecule has 0 aliphatic carbocycles. The van der Waals surface area contributed by atoms with Gasteiger partial charge in [-0.25, -0.2) is 0 Å². The van der Waals surface area contributed by atoms with Crippen LogP contribution in [-0.4, -0.2) is 4.83 Å². The molecule has 0 amide bonds.